The van der Waals surface area contributed by atoms with Crippen molar-refractivity contribution in [3.05, 3.63) is 35.9 Å². The quantitative estimate of drug-likeness (QED) is 0.722. The number of aliphatic carboxylic acids is 1. The maximum absolute atomic E-state index is 10.2. The van der Waals surface area contributed by atoms with Crippen molar-refractivity contribution < 1.29 is 14.6 Å². The van der Waals surface area contributed by atoms with E-state index in [2.05, 4.69) is 0 Å². The van der Waals surface area contributed by atoms with E-state index in [0.29, 0.717) is 0 Å². The second kappa shape index (κ2) is 5.77. The molecule has 14 heavy (non-hydrogen) atoms. The number of carbonyl (C=O) groups is 1. The van der Waals surface area contributed by atoms with E-state index in [4.69, 9.17) is 9.84 Å². The summed E-state index contributed by atoms with van der Waals surface area (Å²) in [4.78, 5) is 10.2. The molecule has 0 spiro atoms. The van der Waals surface area contributed by atoms with Gasteiger partial charge in [-0.3, -0.25) is 0 Å². The van der Waals surface area contributed by atoms with Gasteiger partial charge in [0.05, 0.1) is 7.11 Å². The summed E-state index contributed by atoms with van der Waals surface area (Å²) < 4.78 is 4.95. The van der Waals surface area contributed by atoms with Crippen molar-refractivity contribution >= 4 is 12.0 Å². The largest absolute Gasteiger partial charge is 0.497 e. The SMILES string of the molecule is COc1ccc(C=CC(=O)O)cc1.N. The maximum atomic E-state index is 10.2. The smallest absolute Gasteiger partial charge is 0.328 e. The van der Waals surface area contributed by atoms with E-state index in [9.17, 15) is 4.79 Å². The number of hydrogen-bond acceptors (Lipinski definition) is 3. The standard InChI is InChI=1S/C10H10O3.H3N/c1-13-9-5-2-8(3-6-9)4-7-10(11)12;/h2-7H,1H3,(H,11,12);1H3. The van der Waals surface area contributed by atoms with E-state index in [1.165, 1.54) is 6.08 Å². The lowest BCUT2D eigenvalue weighted by Crippen LogP contribution is -1.86. The Balaban J connectivity index is 0.00000169. The molecule has 0 aliphatic carbocycles. The summed E-state index contributed by atoms with van der Waals surface area (Å²) in [6.45, 7) is 0. The summed E-state index contributed by atoms with van der Waals surface area (Å²) in [5.74, 6) is -0.191. The van der Waals surface area contributed by atoms with Crippen molar-refractivity contribution in [2.45, 2.75) is 0 Å². The second-order valence-electron chi connectivity index (χ2n) is 2.44. The Kier molecular flexibility index (Phi) is 5.02. The minimum absolute atomic E-state index is 0. The average molecular weight is 195 g/mol. The van der Waals surface area contributed by atoms with Gasteiger partial charge in [0, 0.05) is 6.08 Å². The van der Waals surface area contributed by atoms with Crippen LogP contribution in [0.3, 0.4) is 0 Å². The first-order valence-electron chi connectivity index (χ1n) is 3.77. The molecule has 1 aromatic rings. The van der Waals surface area contributed by atoms with Gasteiger partial charge in [-0.1, -0.05) is 12.1 Å². The molecule has 0 saturated heterocycles. The fourth-order valence-corrected chi connectivity index (χ4v) is 0.883. The topological polar surface area (TPSA) is 81.5 Å². The van der Waals surface area contributed by atoms with E-state index in [-0.39, 0.29) is 6.15 Å². The molecular weight excluding hydrogens is 182 g/mol. The third-order valence-electron chi connectivity index (χ3n) is 1.53. The maximum Gasteiger partial charge on any atom is 0.328 e. The van der Waals surface area contributed by atoms with Crippen molar-refractivity contribution in [2.75, 3.05) is 7.11 Å². The van der Waals surface area contributed by atoms with Crippen LogP contribution in [0, 0.1) is 0 Å². The van der Waals surface area contributed by atoms with Crippen LogP contribution in [0.1, 0.15) is 5.56 Å². The Labute approximate surface area is 82.4 Å². The minimum atomic E-state index is -0.948. The number of methoxy groups -OCH3 is 1. The zero-order valence-corrected chi connectivity index (χ0v) is 7.93. The zero-order valence-electron chi connectivity index (χ0n) is 7.93. The third kappa shape index (κ3) is 3.73. The van der Waals surface area contributed by atoms with Gasteiger partial charge in [0.15, 0.2) is 0 Å². The molecule has 4 heteroatoms. The minimum Gasteiger partial charge on any atom is -0.497 e. The van der Waals surface area contributed by atoms with Gasteiger partial charge in [-0.2, -0.15) is 0 Å². The van der Waals surface area contributed by atoms with Gasteiger partial charge in [-0.25, -0.2) is 4.79 Å². The molecule has 0 bridgehead atoms. The first-order valence-corrected chi connectivity index (χ1v) is 3.77. The van der Waals surface area contributed by atoms with Crippen molar-refractivity contribution in [1.82, 2.24) is 6.15 Å². The Morgan fingerprint density at radius 1 is 1.36 bits per heavy atom. The van der Waals surface area contributed by atoms with E-state index in [1.807, 2.05) is 0 Å². The molecular formula is C10H13NO3. The summed E-state index contributed by atoms with van der Waals surface area (Å²) >= 11 is 0. The fourth-order valence-electron chi connectivity index (χ4n) is 0.883. The van der Waals surface area contributed by atoms with Gasteiger partial charge in [0.1, 0.15) is 5.75 Å². The van der Waals surface area contributed by atoms with Gasteiger partial charge in [-0.05, 0) is 23.8 Å². The number of carboxylic acids is 1. The molecule has 0 radical (unpaired) electrons. The summed E-state index contributed by atoms with van der Waals surface area (Å²) in [5.41, 5.74) is 0.836. The predicted octanol–water partition coefficient (Wildman–Crippen LogP) is 1.95. The van der Waals surface area contributed by atoms with Crippen molar-refractivity contribution in [1.29, 1.82) is 0 Å². The lowest BCUT2D eigenvalue weighted by Gasteiger charge is -1.98. The van der Waals surface area contributed by atoms with E-state index in [1.54, 1.807) is 31.4 Å². The van der Waals surface area contributed by atoms with Crippen molar-refractivity contribution in [3.8, 4) is 5.75 Å². The Hall–Kier alpha value is -1.81. The summed E-state index contributed by atoms with van der Waals surface area (Å²) in [5, 5.41) is 8.36. The van der Waals surface area contributed by atoms with E-state index >= 15 is 0 Å². The van der Waals surface area contributed by atoms with Crippen LogP contribution in [0.5, 0.6) is 5.75 Å². The number of hydrogen-bond donors (Lipinski definition) is 2. The van der Waals surface area contributed by atoms with E-state index < -0.39 is 5.97 Å². The first-order chi connectivity index (χ1) is 6.22. The van der Waals surface area contributed by atoms with Crippen LogP contribution in [0.4, 0.5) is 0 Å². The molecule has 4 nitrogen and oxygen atoms in total. The number of carboxylic acid groups (broad SMARTS) is 1. The number of benzene rings is 1. The molecule has 1 rings (SSSR count). The predicted molar refractivity (Wildman–Crippen MR) is 54.7 cm³/mol. The Morgan fingerprint density at radius 2 is 1.93 bits per heavy atom. The molecule has 0 unspecified atom stereocenters. The summed E-state index contributed by atoms with van der Waals surface area (Å²) in [6.07, 6.45) is 2.63. The molecule has 0 amide bonds. The highest BCUT2D eigenvalue weighted by Gasteiger charge is 1.91. The van der Waals surface area contributed by atoms with E-state index in [0.717, 1.165) is 17.4 Å². The number of rotatable bonds is 3. The van der Waals surface area contributed by atoms with Gasteiger partial charge >= 0.3 is 5.97 Å². The molecule has 1 aromatic carbocycles. The zero-order chi connectivity index (χ0) is 9.68. The lowest BCUT2D eigenvalue weighted by atomic mass is 10.2. The Morgan fingerprint density at radius 3 is 2.36 bits per heavy atom. The fraction of sp³-hybridized carbons (Fsp3) is 0.100. The highest BCUT2D eigenvalue weighted by molar-refractivity contribution is 5.85. The lowest BCUT2D eigenvalue weighted by molar-refractivity contribution is -0.131. The monoisotopic (exact) mass is 195 g/mol. The average Bonchev–Trinajstić information content (AvgIpc) is 2.15. The molecule has 0 heterocycles. The van der Waals surface area contributed by atoms with Crippen LogP contribution < -0.4 is 10.9 Å². The second-order valence-corrected chi connectivity index (χ2v) is 2.44. The molecule has 4 N–H and O–H groups in total. The van der Waals surface area contributed by atoms with Crippen LogP contribution >= 0.6 is 0 Å². The number of ether oxygens (including phenoxy) is 1. The van der Waals surface area contributed by atoms with Crippen LogP contribution in [0.25, 0.3) is 6.08 Å². The van der Waals surface area contributed by atoms with Crippen LogP contribution in [0.15, 0.2) is 30.3 Å². The molecule has 76 valence electrons. The van der Waals surface area contributed by atoms with Gasteiger partial charge in [0.2, 0.25) is 0 Å². The Bertz CT molecular complexity index is 317. The van der Waals surface area contributed by atoms with Gasteiger partial charge in [-0.15, -0.1) is 0 Å². The highest BCUT2D eigenvalue weighted by atomic mass is 16.5. The normalized spacial score (nSPS) is 9.50. The highest BCUT2D eigenvalue weighted by Crippen LogP contribution is 2.11. The van der Waals surface area contributed by atoms with Crippen LogP contribution in [-0.4, -0.2) is 18.2 Å². The molecule has 0 saturated carbocycles. The first kappa shape index (κ1) is 12.2. The van der Waals surface area contributed by atoms with Gasteiger partial charge in [0.25, 0.3) is 0 Å². The molecule has 0 fully saturated rings. The van der Waals surface area contributed by atoms with Crippen LogP contribution in [0.2, 0.25) is 0 Å². The third-order valence-corrected chi connectivity index (χ3v) is 1.53. The van der Waals surface area contributed by atoms with Gasteiger partial charge < -0.3 is 16.0 Å². The van der Waals surface area contributed by atoms with Crippen LogP contribution in [-0.2, 0) is 4.79 Å². The molecule has 0 aliphatic heterocycles. The summed E-state index contributed by atoms with van der Waals surface area (Å²) in [7, 11) is 1.59. The molecule has 0 aromatic heterocycles. The summed E-state index contributed by atoms with van der Waals surface area (Å²) in [6, 6.07) is 7.14. The van der Waals surface area contributed by atoms with Crippen molar-refractivity contribution in [2.24, 2.45) is 0 Å². The molecule has 0 aliphatic rings. The van der Waals surface area contributed by atoms with Crippen molar-refractivity contribution in [3.63, 3.8) is 0 Å². The molecule has 0 atom stereocenters.